The van der Waals surface area contributed by atoms with E-state index < -0.39 is 11.5 Å². The summed E-state index contributed by atoms with van der Waals surface area (Å²) >= 11 is 0. The summed E-state index contributed by atoms with van der Waals surface area (Å²) in [6.07, 6.45) is 1.69. The van der Waals surface area contributed by atoms with Gasteiger partial charge in [0.2, 0.25) is 5.91 Å². The quantitative estimate of drug-likeness (QED) is 0.927. The van der Waals surface area contributed by atoms with E-state index in [2.05, 4.69) is 11.4 Å². The molecule has 1 saturated carbocycles. The lowest BCUT2D eigenvalue weighted by Gasteiger charge is -2.33. The van der Waals surface area contributed by atoms with E-state index in [9.17, 15) is 9.59 Å². The number of ether oxygens (including phenoxy) is 1. The molecular weight excluding hydrogens is 282 g/mol. The van der Waals surface area contributed by atoms with E-state index in [1.807, 2.05) is 0 Å². The Balaban J connectivity index is 2.02. The standard InChI is InChI=1S/C16H19N3O3/c1-3-22-15(21)19(2)13-7-5-12(6-8-13)18-14(20)16(11-17)9-4-10-16/h5-8H,3-4,9-10H2,1-2H3,(H,18,20). The zero-order valence-electron chi connectivity index (χ0n) is 12.8. The minimum Gasteiger partial charge on any atom is -0.449 e. The van der Waals surface area contributed by atoms with Crippen molar-refractivity contribution in [3.8, 4) is 6.07 Å². The van der Waals surface area contributed by atoms with Crippen LogP contribution in [0.2, 0.25) is 0 Å². The Bertz CT molecular complexity index is 600. The smallest absolute Gasteiger partial charge is 0.413 e. The molecule has 0 aromatic heterocycles. The van der Waals surface area contributed by atoms with Crippen molar-refractivity contribution in [1.82, 2.24) is 0 Å². The van der Waals surface area contributed by atoms with Crippen LogP contribution in [-0.4, -0.2) is 25.7 Å². The number of rotatable bonds is 4. The van der Waals surface area contributed by atoms with Crippen molar-refractivity contribution < 1.29 is 14.3 Å². The molecule has 0 atom stereocenters. The molecule has 0 aliphatic heterocycles. The topological polar surface area (TPSA) is 82.4 Å². The van der Waals surface area contributed by atoms with Gasteiger partial charge in [0.05, 0.1) is 12.7 Å². The van der Waals surface area contributed by atoms with Crippen LogP contribution in [0.15, 0.2) is 24.3 Å². The number of benzene rings is 1. The maximum absolute atomic E-state index is 12.1. The minimum atomic E-state index is -0.875. The van der Waals surface area contributed by atoms with Gasteiger partial charge in [0.25, 0.3) is 0 Å². The fraction of sp³-hybridized carbons (Fsp3) is 0.438. The van der Waals surface area contributed by atoms with E-state index >= 15 is 0 Å². The summed E-state index contributed by atoms with van der Waals surface area (Å²) in [6, 6.07) is 8.94. The van der Waals surface area contributed by atoms with E-state index in [1.165, 1.54) is 4.90 Å². The second kappa shape index (κ2) is 6.48. The van der Waals surface area contributed by atoms with Gasteiger partial charge in [-0.15, -0.1) is 0 Å². The zero-order valence-corrected chi connectivity index (χ0v) is 12.8. The summed E-state index contributed by atoms with van der Waals surface area (Å²) in [5.74, 6) is -0.257. The molecule has 0 spiro atoms. The summed E-state index contributed by atoms with van der Waals surface area (Å²) < 4.78 is 4.92. The SMILES string of the molecule is CCOC(=O)N(C)c1ccc(NC(=O)C2(C#N)CCC2)cc1. The van der Waals surface area contributed by atoms with Gasteiger partial charge in [-0.25, -0.2) is 4.79 Å². The maximum Gasteiger partial charge on any atom is 0.413 e. The number of carbonyl (C=O) groups excluding carboxylic acids is 2. The fourth-order valence-corrected chi connectivity index (χ4v) is 2.26. The lowest BCUT2D eigenvalue weighted by molar-refractivity contribution is -0.126. The molecule has 1 aromatic carbocycles. The summed E-state index contributed by atoms with van der Waals surface area (Å²) in [5, 5.41) is 11.9. The Morgan fingerprint density at radius 2 is 2.00 bits per heavy atom. The predicted octanol–water partition coefficient (Wildman–Crippen LogP) is 2.91. The lowest BCUT2D eigenvalue weighted by Crippen LogP contribution is -2.40. The van der Waals surface area contributed by atoms with Gasteiger partial charge in [-0.2, -0.15) is 5.26 Å². The van der Waals surface area contributed by atoms with Crippen LogP contribution in [-0.2, 0) is 9.53 Å². The van der Waals surface area contributed by atoms with Crippen LogP contribution >= 0.6 is 0 Å². The minimum absolute atomic E-state index is 0.257. The number of nitrogens with zero attached hydrogens (tertiary/aromatic N) is 2. The molecule has 0 unspecified atom stereocenters. The molecule has 0 saturated heterocycles. The van der Waals surface area contributed by atoms with Crippen LogP contribution in [0.5, 0.6) is 0 Å². The number of nitrogens with one attached hydrogen (secondary N) is 1. The van der Waals surface area contributed by atoms with Crippen molar-refractivity contribution >= 4 is 23.4 Å². The van der Waals surface area contributed by atoms with Gasteiger partial charge < -0.3 is 10.1 Å². The van der Waals surface area contributed by atoms with E-state index in [0.717, 1.165) is 6.42 Å². The molecule has 2 rings (SSSR count). The van der Waals surface area contributed by atoms with Gasteiger partial charge in [-0.05, 0) is 50.5 Å². The van der Waals surface area contributed by atoms with Gasteiger partial charge in [-0.1, -0.05) is 0 Å². The third kappa shape index (κ3) is 3.03. The third-order valence-corrected chi connectivity index (χ3v) is 3.91. The number of carbonyl (C=O) groups is 2. The Labute approximate surface area is 129 Å². The number of amides is 2. The van der Waals surface area contributed by atoms with Crippen molar-refractivity contribution in [3.05, 3.63) is 24.3 Å². The first kappa shape index (κ1) is 15.8. The Morgan fingerprint density at radius 1 is 1.36 bits per heavy atom. The van der Waals surface area contributed by atoms with Crippen molar-refractivity contribution in [2.45, 2.75) is 26.2 Å². The van der Waals surface area contributed by atoms with Crippen LogP contribution in [0, 0.1) is 16.7 Å². The summed E-state index contributed by atoms with van der Waals surface area (Å²) in [4.78, 5) is 25.1. The Kier molecular flexibility index (Phi) is 4.66. The van der Waals surface area contributed by atoms with E-state index in [4.69, 9.17) is 10.00 Å². The van der Waals surface area contributed by atoms with E-state index in [1.54, 1.807) is 38.2 Å². The third-order valence-electron chi connectivity index (χ3n) is 3.91. The summed E-state index contributed by atoms with van der Waals surface area (Å²) in [5.41, 5.74) is 0.392. The van der Waals surface area contributed by atoms with Crippen LogP contribution in [0.4, 0.5) is 16.2 Å². The molecule has 0 heterocycles. The first-order chi connectivity index (χ1) is 10.5. The maximum atomic E-state index is 12.1. The summed E-state index contributed by atoms with van der Waals surface area (Å²) in [6.45, 7) is 2.06. The highest BCUT2D eigenvalue weighted by Gasteiger charge is 2.44. The highest BCUT2D eigenvalue weighted by molar-refractivity contribution is 5.98. The molecular formula is C16H19N3O3. The number of nitriles is 1. The number of hydrogen-bond donors (Lipinski definition) is 1. The molecule has 22 heavy (non-hydrogen) atoms. The van der Waals surface area contributed by atoms with Crippen LogP contribution < -0.4 is 10.2 Å². The normalized spacial score (nSPS) is 15.1. The molecule has 2 amide bonds. The van der Waals surface area contributed by atoms with E-state index in [-0.39, 0.29) is 5.91 Å². The second-order valence-corrected chi connectivity index (χ2v) is 5.31. The monoisotopic (exact) mass is 301 g/mol. The number of anilines is 2. The van der Waals surface area contributed by atoms with Gasteiger partial charge in [0.1, 0.15) is 5.41 Å². The largest absolute Gasteiger partial charge is 0.449 e. The van der Waals surface area contributed by atoms with Crippen molar-refractivity contribution in [3.63, 3.8) is 0 Å². The first-order valence-corrected chi connectivity index (χ1v) is 7.25. The molecule has 6 nitrogen and oxygen atoms in total. The molecule has 116 valence electrons. The molecule has 0 radical (unpaired) electrons. The Morgan fingerprint density at radius 3 is 2.45 bits per heavy atom. The first-order valence-electron chi connectivity index (χ1n) is 7.25. The second-order valence-electron chi connectivity index (χ2n) is 5.31. The lowest BCUT2D eigenvalue weighted by atomic mass is 9.69. The zero-order chi connectivity index (χ0) is 16.2. The van der Waals surface area contributed by atoms with Crippen LogP contribution in [0.3, 0.4) is 0 Å². The average molecular weight is 301 g/mol. The predicted molar refractivity (Wildman–Crippen MR) is 82.4 cm³/mol. The fourth-order valence-electron chi connectivity index (χ4n) is 2.26. The summed E-state index contributed by atoms with van der Waals surface area (Å²) in [7, 11) is 1.62. The van der Waals surface area contributed by atoms with Crippen molar-refractivity contribution in [2.75, 3.05) is 23.9 Å². The van der Waals surface area contributed by atoms with Gasteiger partial charge >= 0.3 is 6.09 Å². The number of hydrogen-bond acceptors (Lipinski definition) is 4. The van der Waals surface area contributed by atoms with Crippen LogP contribution in [0.1, 0.15) is 26.2 Å². The average Bonchev–Trinajstić information content (AvgIpc) is 2.47. The molecule has 1 N–H and O–H groups in total. The van der Waals surface area contributed by atoms with Gasteiger partial charge in [0, 0.05) is 18.4 Å². The van der Waals surface area contributed by atoms with Crippen LogP contribution in [0.25, 0.3) is 0 Å². The molecule has 1 aliphatic rings. The molecule has 1 aromatic rings. The van der Waals surface area contributed by atoms with Gasteiger partial charge in [0.15, 0.2) is 0 Å². The highest BCUT2D eigenvalue weighted by atomic mass is 16.6. The van der Waals surface area contributed by atoms with Gasteiger partial charge in [-0.3, -0.25) is 9.69 Å². The van der Waals surface area contributed by atoms with Crippen molar-refractivity contribution in [1.29, 1.82) is 5.26 Å². The molecule has 0 bridgehead atoms. The van der Waals surface area contributed by atoms with E-state index in [0.29, 0.717) is 30.8 Å². The van der Waals surface area contributed by atoms with Crippen molar-refractivity contribution in [2.24, 2.45) is 5.41 Å². The molecule has 1 aliphatic carbocycles. The highest BCUT2D eigenvalue weighted by Crippen LogP contribution is 2.41. The molecule has 1 fully saturated rings. The molecule has 6 heteroatoms. The Hall–Kier alpha value is -2.55.